The number of amides is 2. The number of thiocarbonyl (C=S) groups is 1. The van der Waals surface area contributed by atoms with Crippen LogP contribution in [0.3, 0.4) is 0 Å². The van der Waals surface area contributed by atoms with Gasteiger partial charge < -0.3 is 19.7 Å². The third kappa shape index (κ3) is 5.03. The van der Waals surface area contributed by atoms with Gasteiger partial charge in [0.15, 0.2) is 0 Å². The molecule has 2 aliphatic rings. The Kier molecular flexibility index (Phi) is 6.50. The zero-order valence-electron chi connectivity index (χ0n) is 16.6. The fraction of sp³-hybridized carbons (Fsp3) is 0.227. The minimum Gasteiger partial charge on any atom is -0.457 e. The largest absolute Gasteiger partial charge is 0.457 e. The van der Waals surface area contributed by atoms with Crippen LogP contribution in [0, 0.1) is 0 Å². The second kappa shape index (κ2) is 9.30. The van der Waals surface area contributed by atoms with Crippen molar-refractivity contribution in [2.75, 3.05) is 13.2 Å². The number of hydrogen-bond donors (Lipinski definition) is 1. The summed E-state index contributed by atoms with van der Waals surface area (Å²) in [5.41, 5.74) is 1.81. The van der Waals surface area contributed by atoms with Crippen molar-refractivity contribution >= 4 is 58.0 Å². The van der Waals surface area contributed by atoms with Crippen LogP contribution in [0.25, 0.3) is 6.08 Å². The number of carbonyl (C=O) groups is 2. The normalized spacial score (nSPS) is 19.7. The summed E-state index contributed by atoms with van der Waals surface area (Å²) in [4.78, 5) is 25.7. The molecule has 160 valence electrons. The summed E-state index contributed by atoms with van der Waals surface area (Å²) < 4.78 is 11.5. The van der Waals surface area contributed by atoms with Crippen LogP contribution in [-0.2, 0) is 16.0 Å². The molecule has 0 aromatic heterocycles. The van der Waals surface area contributed by atoms with Crippen molar-refractivity contribution in [1.29, 1.82) is 0 Å². The minimum atomic E-state index is -0.252. The molecule has 0 bridgehead atoms. The Hall–Kier alpha value is -2.55. The van der Waals surface area contributed by atoms with Crippen LogP contribution in [0.15, 0.2) is 47.4 Å². The van der Waals surface area contributed by atoms with E-state index in [-0.39, 0.29) is 18.0 Å². The van der Waals surface area contributed by atoms with Crippen molar-refractivity contribution < 1.29 is 19.1 Å². The average Bonchev–Trinajstić information content (AvgIpc) is 3.25. The highest BCUT2D eigenvalue weighted by atomic mass is 35.5. The molecule has 2 fully saturated rings. The SMILES string of the molecule is CCN1C(=O)OCC1Cc1ccc(Oc2ccc(/C=C3\SC(=S)NC3=O)c(Cl)c2)cc1. The monoisotopic (exact) mass is 474 g/mol. The summed E-state index contributed by atoms with van der Waals surface area (Å²) in [6.45, 7) is 2.99. The Balaban J connectivity index is 1.41. The molecule has 2 aliphatic heterocycles. The third-order valence-electron chi connectivity index (χ3n) is 4.95. The summed E-state index contributed by atoms with van der Waals surface area (Å²) in [6.07, 6.45) is 2.18. The summed E-state index contributed by atoms with van der Waals surface area (Å²) in [5.74, 6) is 1.04. The lowest BCUT2D eigenvalue weighted by Gasteiger charge is -2.19. The standard InChI is InChI=1S/C22H19ClN2O4S2/c1-2-25-15(12-28-22(25)27)9-13-3-6-16(7-4-13)29-17-8-5-14(18(23)11-17)10-19-20(26)24-21(30)31-19/h3-8,10-11,15H,2,9,12H2,1H3,(H,24,26,30)/b19-10-. The summed E-state index contributed by atoms with van der Waals surface area (Å²) in [6, 6.07) is 13.1. The quantitative estimate of drug-likeness (QED) is 0.469. The lowest BCUT2D eigenvalue weighted by Crippen LogP contribution is -2.34. The fourth-order valence-electron chi connectivity index (χ4n) is 3.40. The Bertz CT molecular complexity index is 1070. The molecule has 31 heavy (non-hydrogen) atoms. The predicted molar refractivity (Wildman–Crippen MR) is 125 cm³/mol. The molecule has 9 heteroatoms. The summed E-state index contributed by atoms with van der Waals surface area (Å²) in [7, 11) is 0. The van der Waals surface area contributed by atoms with Crippen molar-refractivity contribution in [1.82, 2.24) is 10.2 Å². The summed E-state index contributed by atoms with van der Waals surface area (Å²) in [5, 5.41) is 3.05. The van der Waals surface area contributed by atoms with E-state index in [1.54, 1.807) is 29.2 Å². The van der Waals surface area contributed by atoms with E-state index in [9.17, 15) is 9.59 Å². The van der Waals surface area contributed by atoms with Gasteiger partial charge in [0, 0.05) is 6.54 Å². The summed E-state index contributed by atoms with van der Waals surface area (Å²) >= 11 is 12.6. The van der Waals surface area contributed by atoms with Gasteiger partial charge >= 0.3 is 6.09 Å². The molecule has 2 aromatic carbocycles. The second-order valence-electron chi connectivity index (χ2n) is 7.00. The van der Waals surface area contributed by atoms with Gasteiger partial charge in [-0.1, -0.05) is 47.7 Å². The zero-order chi connectivity index (χ0) is 22.0. The topological polar surface area (TPSA) is 67.9 Å². The first-order chi connectivity index (χ1) is 14.9. The van der Waals surface area contributed by atoms with Crippen LogP contribution >= 0.6 is 35.6 Å². The van der Waals surface area contributed by atoms with Crippen LogP contribution in [0.4, 0.5) is 4.79 Å². The van der Waals surface area contributed by atoms with Crippen molar-refractivity contribution in [3.8, 4) is 11.5 Å². The highest BCUT2D eigenvalue weighted by molar-refractivity contribution is 8.26. The maximum atomic E-state index is 11.8. The number of rotatable bonds is 6. The number of carbonyl (C=O) groups excluding carboxylic acids is 2. The van der Waals surface area contributed by atoms with Gasteiger partial charge in [-0.25, -0.2) is 4.79 Å². The van der Waals surface area contributed by atoms with Gasteiger partial charge in [-0.3, -0.25) is 4.79 Å². The molecule has 2 aromatic rings. The van der Waals surface area contributed by atoms with E-state index in [0.717, 1.165) is 12.0 Å². The number of cyclic esters (lactones) is 1. The van der Waals surface area contributed by atoms with Gasteiger partial charge in [-0.2, -0.15) is 0 Å². The maximum absolute atomic E-state index is 11.8. The van der Waals surface area contributed by atoms with Crippen LogP contribution in [0.5, 0.6) is 11.5 Å². The van der Waals surface area contributed by atoms with Crippen LogP contribution in [-0.4, -0.2) is 40.4 Å². The molecular weight excluding hydrogens is 456 g/mol. The number of nitrogens with zero attached hydrogens (tertiary/aromatic N) is 1. The number of halogens is 1. The Morgan fingerprint density at radius 2 is 2.00 bits per heavy atom. The van der Waals surface area contributed by atoms with E-state index < -0.39 is 0 Å². The molecule has 1 atom stereocenters. The van der Waals surface area contributed by atoms with Gasteiger partial charge in [0.1, 0.15) is 22.4 Å². The van der Waals surface area contributed by atoms with E-state index in [2.05, 4.69) is 5.32 Å². The van der Waals surface area contributed by atoms with E-state index in [0.29, 0.717) is 44.5 Å². The van der Waals surface area contributed by atoms with Crippen molar-refractivity contribution in [2.24, 2.45) is 0 Å². The molecule has 2 saturated heterocycles. The van der Waals surface area contributed by atoms with Gasteiger partial charge in [-0.05, 0) is 60.9 Å². The smallest absolute Gasteiger partial charge is 0.410 e. The van der Waals surface area contributed by atoms with Gasteiger partial charge in [-0.15, -0.1) is 0 Å². The van der Waals surface area contributed by atoms with E-state index in [4.69, 9.17) is 33.3 Å². The molecule has 0 radical (unpaired) electrons. The number of benzene rings is 2. The van der Waals surface area contributed by atoms with Gasteiger partial charge in [0.25, 0.3) is 5.91 Å². The van der Waals surface area contributed by atoms with E-state index in [1.807, 2.05) is 31.2 Å². The van der Waals surface area contributed by atoms with Crippen LogP contribution < -0.4 is 10.1 Å². The lowest BCUT2D eigenvalue weighted by molar-refractivity contribution is -0.115. The molecule has 2 heterocycles. The highest BCUT2D eigenvalue weighted by Gasteiger charge is 2.31. The molecule has 0 aliphatic carbocycles. The first kappa shape index (κ1) is 21.7. The average molecular weight is 475 g/mol. The fourth-order valence-corrected chi connectivity index (χ4v) is 4.66. The molecule has 2 amide bonds. The number of likely N-dealkylation sites (N-methyl/N-ethyl adjacent to an activating group) is 1. The Morgan fingerprint density at radius 1 is 1.26 bits per heavy atom. The van der Waals surface area contributed by atoms with Crippen molar-refractivity contribution in [3.63, 3.8) is 0 Å². The Morgan fingerprint density at radius 3 is 2.65 bits per heavy atom. The van der Waals surface area contributed by atoms with Crippen molar-refractivity contribution in [3.05, 3.63) is 63.5 Å². The number of nitrogens with one attached hydrogen (secondary N) is 1. The molecule has 0 saturated carbocycles. The van der Waals surface area contributed by atoms with Crippen LogP contribution in [0.1, 0.15) is 18.1 Å². The molecule has 1 unspecified atom stereocenters. The molecular formula is C22H19ClN2O4S2. The van der Waals surface area contributed by atoms with Crippen molar-refractivity contribution in [2.45, 2.75) is 19.4 Å². The zero-order valence-corrected chi connectivity index (χ0v) is 19.0. The maximum Gasteiger partial charge on any atom is 0.410 e. The van der Waals surface area contributed by atoms with E-state index >= 15 is 0 Å². The molecule has 1 N–H and O–H groups in total. The van der Waals surface area contributed by atoms with Gasteiger partial charge in [0.2, 0.25) is 0 Å². The highest BCUT2D eigenvalue weighted by Crippen LogP contribution is 2.32. The minimum absolute atomic E-state index is 0.0548. The van der Waals surface area contributed by atoms with Crippen LogP contribution in [0.2, 0.25) is 5.02 Å². The molecule has 0 spiro atoms. The molecule has 4 rings (SSSR count). The number of ether oxygens (including phenoxy) is 2. The van der Waals surface area contributed by atoms with E-state index in [1.165, 1.54) is 11.8 Å². The van der Waals surface area contributed by atoms with Gasteiger partial charge in [0.05, 0.1) is 16.0 Å². The first-order valence-corrected chi connectivity index (χ1v) is 11.3. The second-order valence-corrected chi connectivity index (χ2v) is 9.13. The lowest BCUT2D eigenvalue weighted by atomic mass is 10.1. The molecule has 6 nitrogen and oxygen atoms in total. The predicted octanol–water partition coefficient (Wildman–Crippen LogP) is 5.00. The number of thioether (sulfide) groups is 1. The Labute approximate surface area is 194 Å². The first-order valence-electron chi connectivity index (χ1n) is 9.67. The number of hydrogen-bond acceptors (Lipinski definition) is 6. The third-order valence-corrected chi connectivity index (χ3v) is 6.44.